The first-order valence-corrected chi connectivity index (χ1v) is 6.81. The van der Waals surface area contributed by atoms with Crippen LogP contribution in [-0.4, -0.2) is 51.5 Å². The van der Waals surface area contributed by atoms with Crippen LogP contribution in [0.4, 0.5) is 5.95 Å². The van der Waals surface area contributed by atoms with E-state index in [1.807, 2.05) is 18.5 Å². The van der Waals surface area contributed by atoms with Crippen LogP contribution in [-0.2, 0) is 7.05 Å². The molecule has 3 aromatic rings. The summed E-state index contributed by atoms with van der Waals surface area (Å²) in [6, 6.07) is 0. The van der Waals surface area contributed by atoms with Gasteiger partial charge in [-0.1, -0.05) is 0 Å². The van der Waals surface area contributed by atoms with Crippen molar-refractivity contribution >= 4 is 17.7 Å². The minimum Gasteiger partial charge on any atom is -0.357 e. The summed E-state index contributed by atoms with van der Waals surface area (Å²) in [5.41, 5.74) is 0. The lowest BCUT2D eigenvalue weighted by Gasteiger charge is -2.05. The number of hydrogen-bond acceptors (Lipinski definition) is 9. The van der Waals surface area contributed by atoms with Gasteiger partial charge >= 0.3 is 0 Å². The molecule has 3 rings (SSSR count). The highest BCUT2D eigenvalue weighted by Crippen LogP contribution is 2.23. The van der Waals surface area contributed by atoms with Gasteiger partial charge in [0.05, 0.1) is 0 Å². The van der Waals surface area contributed by atoms with E-state index in [0.717, 1.165) is 5.82 Å². The third-order valence-electron chi connectivity index (χ3n) is 2.69. The number of aryl methyl sites for hydroxylation is 1. The van der Waals surface area contributed by atoms with E-state index in [2.05, 4.69) is 40.5 Å². The van der Waals surface area contributed by atoms with E-state index in [4.69, 9.17) is 0 Å². The molecular weight excluding hydrogens is 292 g/mol. The number of aromatic nitrogens is 9. The highest BCUT2D eigenvalue weighted by atomic mass is 32.2. The molecule has 3 heterocycles. The van der Waals surface area contributed by atoms with Gasteiger partial charge in [0.2, 0.25) is 11.1 Å². The lowest BCUT2D eigenvalue weighted by molar-refractivity contribution is 0.745. The zero-order valence-electron chi connectivity index (χ0n) is 11.6. The Balaban J connectivity index is 1.98. The molecule has 0 spiro atoms. The van der Waals surface area contributed by atoms with Gasteiger partial charge in [-0.2, -0.15) is 24.7 Å². The molecule has 11 heteroatoms. The second-order valence-corrected chi connectivity index (χ2v) is 4.96. The van der Waals surface area contributed by atoms with Crippen LogP contribution in [0.2, 0.25) is 0 Å². The number of nitrogens with one attached hydrogen (secondary N) is 1. The van der Waals surface area contributed by atoms with Crippen molar-refractivity contribution in [2.24, 2.45) is 7.05 Å². The minimum atomic E-state index is 0.383. The smallest absolute Gasteiger partial charge is 0.257 e. The van der Waals surface area contributed by atoms with Crippen LogP contribution in [0.15, 0.2) is 23.0 Å². The van der Waals surface area contributed by atoms with Crippen LogP contribution in [0, 0.1) is 6.92 Å². The highest BCUT2D eigenvalue weighted by Gasteiger charge is 2.13. The van der Waals surface area contributed by atoms with E-state index in [9.17, 15) is 0 Å². The molecule has 0 atom stereocenters. The van der Waals surface area contributed by atoms with Crippen LogP contribution in [0.3, 0.4) is 0 Å². The highest BCUT2D eigenvalue weighted by molar-refractivity contribution is 7.99. The molecule has 3 aromatic heterocycles. The zero-order valence-corrected chi connectivity index (χ0v) is 12.4. The van der Waals surface area contributed by atoms with Crippen molar-refractivity contribution in [1.82, 2.24) is 44.5 Å². The molecule has 0 aliphatic rings. The van der Waals surface area contributed by atoms with Gasteiger partial charge in [0, 0.05) is 14.1 Å². The van der Waals surface area contributed by atoms with Gasteiger partial charge in [0.25, 0.3) is 5.95 Å². The summed E-state index contributed by atoms with van der Waals surface area (Å²) in [6.45, 7) is 1.88. The van der Waals surface area contributed by atoms with E-state index in [1.165, 1.54) is 29.1 Å². The standard InChI is InChI=1S/C10H12N10S/c1-6-17-18-10(19(6)3)21-9-15-7(11-2)14-8(16-9)20-5-12-4-13-20/h4-5H,1-3H3,(H,11,14,15,16). The fraction of sp³-hybridized carbons (Fsp3) is 0.300. The molecule has 0 fully saturated rings. The maximum Gasteiger partial charge on any atom is 0.257 e. The molecule has 0 aromatic carbocycles. The van der Waals surface area contributed by atoms with E-state index in [-0.39, 0.29) is 0 Å². The summed E-state index contributed by atoms with van der Waals surface area (Å²) >= 11 is 1.30. The quantitative estimate of drug-likeness (QED) is 0.716. The fourth-order valence-corrected chi connectivity index (χ4v) is 2.25. The molecule has 108 valence electrons. The van der Waals surface area contributed by atoms with Crippen molar-refractivity contribution in [3.63, 3.8) is 0 Å². The molecule has 0 saturated carbocycles. The molecule has 0 amide bonds. The third-order valence-corrected chi connectivity index (χ3v) is 3.59. The van der Waals surface area contributed by atoms with E-state index in [1.54, 1.807) is 7.05 Å². The lowest BCUT2D eigenvalue weighted by atomic mass is 10.7. The molecule has 0 aliphatic carbocycles. The zero-order chi connectivity index (χ0) is 14.8. The Hall–Kier alpha value is -2.56. The SMILES string of the molecule is CNc1nc(Sc2nnc(C)n2C)nc(-n2cncn2)n1. The Morgan fingerprint density at radius 2 is 2.05 bits per heavy atom. The van der Waals surface area contributed by atoms with Crippen LogP contribution in [0.25, 0.3) is 5.95 Å². The first-order chi connectivity index (χ1) is 10.2. The van der Waals surface area contributed by atoms with Gasteiger partial charge in [-0.15, -0.1) is 10.2 Å². The van der Waals surface area contributed by atoms with Gasteiger partial charge in [0.1, 0.15) is 18.5 Å². The topological polar surface area (TPSA) is 112 Å². The van der Waals surface area contributed by atoms with Crippen molar-refractivity contribution in [2.45, 2.75) is 17.2 Å². The maximum absolute atomic E-state index is 4.35. The van der Waals surface area contributed by atoms with E-state index in [0.29, 0.717) is 22.2 Å². The summed E-state index contributed by atoms with van der Waals surface area (Å²) in [5, 5.41) is 16.2. The number of rotatable bonds is 4. The van der Waals surface area contributed by atoms with Gasteiger partial charge in [-0.3, -0.25) is 0 Å². The Bertz CT molecular complexity index is 749. The van der Waals surface area contributed by atoms with Crippen molar-refractivity contribution in [2.75, 3.05) is 12.4 Å². The second kappa shape index (κ2) is 5.44. The van der Waals surface area contributed by atoms with Gasteiger partial charge in [-0.05, 0) is 18.7 Å². The third kappa shape index (κ3) is 2.67. The predicted octanol–water partition coefficient (Wildman–Crippen LogP) is 0.0821. The first-order valence-electron chi connectivity index (χ1n) is 6.00. The number of nitrogens with zero attached hydrogens (tertiary/aromatic N) is 9. The molecule has 21 heavy (non-hydrogen) atoms. The van der Waals surface area contributed by atoms with E-state index < -0.39 is 0 Å². The minimum absolute atomic E-state index is 0.383. The van der Waals surface area contributed by atoms with Gasteiger partial charge < -0.3 is 9.88 Å². The summed E-state index contributed by atoms with van der Waals surface area (Å²) in [5.74, 6) is 1.64. The Labute approximate surface area is 124 Å². The normalized spacial score (nSPS) is 10.8. The Morgan fingerprint density at radius 1 is 1.19 bits per heavy atom. The average Bonchev–Trinajstić information content (AvgIpc) is 3.13. The van der Waals surface area contributed by atoms with Crippen LogP contribution in [0.5, 0.6) is 0 Å². The molecule has 0 saturated heterocycles. The maximum atomic E-state index is 4.35. The number of hydrogen-bond donors (Lipinski definition) is 1. The van der Waals surface area contributed by atoms with Gasteiger partial charge in [-0.25, -0.2) is 4.98 Å². The number of anilines is 1. The molecular formula is C10H12N10S. The van der Waals surface area contributed by atoms with Crippen LogP contribution >= 0.6 is 11.8 Å². The Morgan fingerprint density at radius 3 is 2.67 bits per heavy atom. The average molecular weight is 304 g/mol. The molecule has 0 aliphatic heterocycles. The Kier molecular flexibility index (Phi) is 3.48. The predicted molar refractivity (Wildman–Crippen MR) is 74.2 cm³/mol. The largest absolute Gasteiger partial charge is 0.357 e. The second-order valence-electron chi connectivity index (χ2n) is 4.02. The molecule has 1 N–H and O–H groups in total. The van der Waals surface area contributed by atoms with Crippen molar-refractivity contribution < 1.29 is 0 Å². The summed E-state index contributed by atoms with van der Waals surface area (Å²) in [6.07, 6.45) is 2.94. The van der Waals surface area contributed by atoms with Crippen molar-refractivity contribution in [1.29, 1.82) is 0 Å². The first kappa shape index (κ1) is 13.4. The lowest BCUT2D eigenvalue weighted by Crippen LogP contribution is -2.08. The van der Waals surface area contributed by atoms with Crippen LogP contribution in [0.1, 0.15) is 5.82 Å². The molecule has 0 radical (unpaired) electrons. The van der Waals surface area contributed by atoms with Gasteiger partial charge in [0.15, 0.2) is 5.16 Å². The molecule has 0 unspecified atom stereocenters. The molecule has 0 bridgehead atoms. The monoisotopic (exact) mass is 304 g/mol. The fourth-order valence-electron chi connectivity index (χ4n) is 1.48. The summed E-state index contributed by atoms with van der Waals surface area (Å²) in [7, 11) is 3.62. The van der Waals surface area contributed by atoms with Crippen LogP contribution < -0.4 is 5.32 Å². The van der Waals surface area contributed by atoms with Crippen molar-refractivity contribution in [3.05, 3.63) is 18.5 Å². The molecule has 10 nitrogen and oxygen atoms in total. The van der Waals surface area contributed by atoms with Crippen molar-refractivity contribution in [3.8, 4) is 5.95 Å². The summed E-state index contributed by atoms with van der Waals surface area (Å²) in [4.78, 5) is 16.8. The van der Waals surface area contributed by atoms with E-state index >= 15 is 0 Å². The summed E-state index contributed by atoms with van der Waals surface area (Å²) < 4.78 is 3.33.